The Morgan fingerprint density at radius 1 is 1.06 bits per heavy atom. The van der Waals surface area contributed by atoms with Gasteiger partial charge in [-0.15, -0.1) is 13.2 Å². The van der Waals surface area contributed by atoms with E-state index in [2.05, 4.69) is 25.3 Å². The lowest BCUT2D eigenvalue weighted by atomic mass is 10.1. The predicted octanol–water partition coefficient (Wildman–Crippen LogP) is 5.59. The number of hydrogen-bond acceptors (Lipinski definition) is 6. The van der Waals surface area contributed by atoms with Crippen molar-refractivity contribution in [3.8, 4) is 17.0 Å². The van der Waals surface area contributed by atoms with E-state index in [0.717, 1.165) is 12.1 Å². The Morgan fingerprint density at radius 3 is 2.42 bits per heavy atom. The van der Waals surface area contributed by atoms with Gasteiger partial charge in [0.1, 0.15) is 18.1 Å². The van der Waals surface area contributed by atoms with E-state index in [0.29, 0.717) is 15.7 Å². The molecule has 3 aromatic rings. The van der Waals surface area contributed by atoms with Crippen molar-refractivity contribution in [3.05, 3.63) is 58.6 Å². The van der Waals surface area contributed by atoms with E-state index in [9.17, 15) is 18.0 Å². The minimum Gasteiger partial charge on any atom is -0.480 e. The van der Waals surface area contributed by atoms with Gasteiger partial charge < -0.3 is 20.5 Å². The number of ether oxygens (including phenoxy) is 1. The maximum absolute atomic E-state index is 12.5. The molecule has 0 unspecified atom stereocenters. The predicted molar refractivity (Wildman–Crippen MR) is 110 cm³/mol. The molecule has 0 radical (unpaired) electrons. The molecular weight excluding hydrogens is 460 g/mol. The number of halogens is 5. The smallest absolute Gasteiger partial charge is 0.480 e. The first kappa shape index (κ1) is 22.4. The van der Waals surface area contributed by atoms with Crippen molar-refractivity contribution >= 4 is 46.6 Å². The first-order valence-electron chi connectivity index (χ1n) is 8.51. The Hall–Kier alpha value is -3.24. The van der Waals surface area contributed by atoms with Crippen LogP contribution in [-0.2, 0) is 4.79 Å². The van der Waals surface area contributed by atoms with Gasteiger partial charge in [-0.1, -0.05) is 35.3 Å². The Labute approximate surface area is 183 Å². The molecule has 3 N–H and O–H groups in total. The topological polar surface area (TPSA) is 96.4 Å². The lowest BCUT2D eigenvalue weighted by molar-refractivity contribution is -0.274. The fourth-order valence-corrected chi connectivity index (χ4v) is 3.05. The first-order chi connectivity index (χ1) is 14.6. The summed E-state index contributed by atoms with van der Waals surface area (Å²) in [6, 6.07) is 11.3. The van der Waals surface area contributed by atoms with Crippen LogP contribution in [0.5, 0.6) is 5.75 Å². The average Bonchev–Trinajstić information content (AvgIpc) is 2.64. The highest BCUT2D eigenvalue weighted by atomic mass is 35.5. The highest BCUT2D eigenvalue weighted by Crippen LogP contribution is 2.30. The fourth-order valence-electron chi connectivity index (χ4n) is 2.52. The summed E-state index contributed by atoms with van der Waals surface area (Å²) < 4.78 is 41.6. The van der Waals surface area contributed by atoms with Crippen molar-refractivity contribution < 1.29 is 27.8 Å². The molecule has 162 valence electrons. The second-order valence-corrected chi connectivity index (χ2v) is 6.94. The van der Waals surface area contributed by atoms with Crippen molar-refractivity contribution in [2.24, 2.45) is 0 Å². The third-order valence-electron chi connectivity index (χ3n) is 3.62. The number of aliphatic carboxylic acids is 1. The zero-order valence-corrected chi connectivity index (χ0v) is 16.9. The Morgan fingerprint density at radius 2 is 1.77 bits per heavy atom. The molecule has 1 aromatic heterocycles. The van der Waals surface area contributed by atoms with E-state index >= 15 is 0 Å². The van der Waals surface area contributed by atoms with E-state index in [1.165, 1.54) is 24.3 Å². The average molecular weight is 473 g/mol. The SMILES string of the molecule is O=C(O)CNc1nc(Nc2cc(Cl)cc(Cl)c2)cc(-c2cccc(OC(F)(F)F)c2)n1. The maximum Gasteiger partial charge on any atom is 0.573 e. The number of carbonyl (C=O) groups is 1. The van der Waals surface area contributed by atoms with Gasteiger partial charge >= 0.3 is 12.3 Å². The van der Waals surface area contributed by atoms with Crippen molar-refractivity contribution in [1.29, 1.82) is 0 Å². The summed E-state index contributed by atoms with van der Waals surface area (Å²) in [5, 5.41) is 15.1. The highest BCUT2D eigenvalue weighted by molar-refractivity contribution is 6.35. The van der Waals surface area contributed by atoms with Crippen LogP contribution in [0.15, 0.2) is 48.5 Å². The van der Waals surface area contributed by atoms with Crippen LogP contribution in [0, 0.1) is 0 Å². The number of nitrogens with zero attached hydrogens (tertiary/aromatic N) is 2. The largest absolute Gasteiger partial charge is 0.573 e. The number of nitrogens with one attached hydrogen (secondary N) is 2. The molecule has 0 aliphatic rings. The molecule has 1 heterocycles. The monoisotopic (exact) mass is 472 g/mol. The molecule has 31 heavy (non-hydrogen) atoms. The van der Waals surface area contributed by atoms with Gasteiger partial charge in [-0.25, -0.2) is 4.98 Å². The molecule has 12 heteroatoms. The molecule has 3 rings (SSSR count). The third kappa shape index (κ3) is 6.90. The molecule has 0 aliphatic carbocycles. The van der Waals surface area contributed by atoms with Crippen LogP contribution in [0.25, 0.3) is 11.3 Å². The minimum atomic E-state index is -4.85. The first-order valence-corrected chi connectivity index (χ1v) is 9.27. The van der Waals surface area contributed by atoms with Crippen LogP contribution in [0.2, 0.25) is 10.0 Å². The number of benzene rings is 2. The van der Waals surface area contributed by atoms with Gasteiger partial charge in [-0.05, 0) is 30.3 Å². The van der Waals surface area contributed by atoms with Gasteiger partial charge in [0.2, 0.25) is 5.95 Å². The molecule has 0 saturated heterocycles. The quantitative estimate of drug-likeness (QED) is 0.412. The van der Waals surface area contributed by atoms with Crippen molar-refractivity contribution in [2.75, 3.05) is 17.2 Å². The van der Waals surface area contributed by atoms with Gasteiger partial charge in [0.15, 0.2) is 0 Å². The van der Waals surface area contributed by atoms with Gasteiger partial charge in [0.05, 0.1) is 5.69 Å². The summed E-state index contributed by atoms with van der Waals surface area (Å²) in [4.78, 5) is 19.2. The fraction of sp³-hybridized carbons (Fsp3) is 0.105. The van der Waals surface area contributed by atoms with E-state index in [-0.39, 0.29) is 23.0 Å². The summed E-state index contributed by atoms with van der Waals surface area (Å²) in [5.74, 6) is -1.42. The highest BCUT2D eigenvalue weighted by Gasteiger charge is 2.31. The number of carboxylic acid groups (broad SMARTS) is 1. The number of carboxylic acids is 1. The zero-order valence-electron chi connectivity index (χ0n) is 15.4. The Balaban J connectivity index is 1.99. The Kier molecular flexibility index (Phi) is 6.71. The van der Waals surface area contributed by atoms with E-state index < -0.39 is 24.6 Å². The van der Waals surface area contributed by atoms with E-state index in [1.54, 1.807) is 12.1 Å². The lowest BCUT2D eigenvalue weighted by Crippen LogP contribution is -2.17. The van der Waals surface area contributed by atoms with Crippen molar-refractivity contribution in [1.82, 2.24) is 9.97 Å². The number of aromatic nitrogens is 2. The van der Waals surface area contributed by atoms with Crippen molar-refractivity contribution in [3.63, 3.8) is 0 Å². The maximum atomic E-state index is 12.5. The van der Waals surface area contributed by atoms with Gasteiger partial charge in [-0.2, -0.15) is 4.98 Å². The number of anilines is 3. The van der Waals surface area contributed by atoms with Crippen LogP contribution in [0.3, 0.4) is 0 Å². The molecule has 0 bridgehead atoms. The molecule has 0 fully saturated rings. The summed E-state index contributed by atoms with van der Waals surface area (Å²) in [6.07, 6.45) is -4.85. The van der Waals surface area contributed by atoms with Crippen LogP contribution in [-0.4, -0.2) is 34.0 Å². The van der Waals surface area contributed by atoms with Gasteiger partial charge in [-0.3, -0.25) is 4.79 Å². The molecule has 0 spiro atoms. The zero-order chi connectivity index (χ0) is 22.6. The summed E-state index contributed by atoms with van der Waals surface area (Å²) in [5.41, 5.74) is 0.987. The van der Waals surface area contributed by atoms with E-state index in [4.69, 9.17) is 28.3 Å². The van der Waals surface area contributed by atoms with Crippen LogP contribution in [0.1, 0.15) is 0 Å². The Bertz CT molecular complexity index is 1090. The molecule has 0 aliphatic heterocycles. The van der Waals surface area contributed by atoms with Crippen LogP contribution >= 0.6 is 23.2 Å². The molecule has 0 amide bonds. The minimum absolute atomic E-state index is 0.0577. The molecule has 0 saturated carbocycles. The molecule has 7 nitrogen and oxygen atoms in total. The second-order valence-electron chi connectivity index (χ2n) is 6.07. The molecule has 0 atom stereocenters. The number of hydrogen-bond donors (Lipinski definition) is 3. The summed E-state index contributed by atoms with van der Waals surface area (Å²) in [7, 11) is 0. The summed E-state index contributed by atoms with van der Waals surface area (Å²) >= 11 is 12.0. The molecule has 2 aromatic carbocycles. The van der Waals surface area contributed by atoms with E-state index in [1.807, 2.05) is 0 Å². The van der Waals surface area contributed by atoms with Gasteiger partial charge in [0, 0.05) is 27.4 Å². The van der Waals surface area contributed by atoms with Gasteiger partial charge in [0.25, 0.3) is 0 Å². The second kappa shape index (κ2) is 9.27. The molecular formula is C19H13Cl2F3N4O3. The van der Waals surface area contributed by atoms with Crippen LogP contribution < -0.4 is 15.4 Å². The normalized spacial score (nSPS) is 11.1. The lowest BCUT2D eigenvalue weighted by Gasteiger charge is -2.13. The summed E-state index contributed by atoms with van der Waals surface area (Å²) in [6.45, 7) is -0.469. The number of alkyl halides is 3. The standard InChI is InChI=1S/C19H13Cl2F3N4O3/c20-11-5-12(21)7-13(6-11)26-16-8-15(27-18(28-16)25-9-17(29)30)10-2-1-3-14(4-10)31-19(22,23)24/h1-8H,9H2,(H,29,30)(H2,25,26,27,28). The number of rotatable bonds is 7. The third-order valence-corrected chi connectivity index (χ3v) is 4.06. The van der Waals surface area contributed by atoms with Crippen molar-refractivity contribution in [2.45, 2.75) is 6.36 Å². The van der Waals surface area contributed by atoms with Crippen LogP contribution in [0.4, 0.5) is 30.6 Å².